The lowest BCUT2D eigenvalue weighted by atomic mass is 9.88. The molecule has 0 N–H and O–H groups in total. The summed E-state index contributed by atoms with van der Waals surface area (Å²) < 4.78 is 5.31. The fraction of sp³-hybridized carbons (Fsp3) is 0.480. The van der Waals surface area contributed by atoms with Crippen LogP contribution in [0, 0.1) is 12.8 Å². The molecular weight excluding hydrogens is 360 g/mol. The highest BCUT2D eigenvalue weighted by atomic mass is 16.5. The molecule has 2 aromatic rings. The second kappa shape index (κ2) is 9.00. The molecule has 0 radical (unpaired) electrons. The molecular formula is C25H32N2O2. The van der Waals surface area contributed by atoms with Crippen LogP contribution < -0.4 is 4.74 Å². The van der Waals surface area contributed by atoms with Gasteiger partial charge in [-0.25, -0.2) is 0 Å². The van der Waals surface area contributed by atoms with E-state index in [2.05, 4.69) is 36.1 Å². The number of hydrogen-bond acceptors (Lipinski definition) is 3. The predicted molar refractivity (Wildman–Crippen MR) is 117 cm³/mol. The Hall–Kier alpha value is -2.33. The summed E-state index contributed by atoms with van der Waals surface area (Å²) in [5.74, 6) is 1.72. The van der Waals surface area contributed by atoms with Gasteiger partial charge in [0, 0.05) is 31.1 Å². The number of amides is 1. The lowest BCUT2D eigenvalue weighted by Gasteiger charge is -2.31. The Bertz CT molecular complexity index is 827. The van der Waals surface area contributed by atoms with Crippen molar-refractivity contribution in [1.29, 1.82) is 0 Å². The Morgan fingerprint density at radius 1 is 1.03 bits per heavy atom. The molecule has 4 rings (SSSR count). The third kappa shape index (κ3) is 4.64. The first-order valence-electron chi connectivity index (χ1n) is 10.9. The molecule has 2 aliphatic rings. The van der Waals surface area contributed by atoms with Gasteiger partial charge in [0.05, 0.1) is 7.11 Å². The van der Waals surface area contributed by atoms with E-state index in [-0.39, 0.29) is 5.91 Å². The predicted octanol–water partition coefficient (Wildman–Crippen LogP) is 4.35. The summed E-state index contributed by atoms with van der Waals surface area (Å²) in [4.78, 5) is 17.9. The highest BCUT2D eigenvalue weighted by Crippen LogP contribution is 2.35. The number of aryl methyl sites for hydroxylation is 1. The van der Waals surface area contributed by atoms with Gasteiger partial charge in [0.1, 0.15) is 5.75 Å². The Morgan fingerprint density at radius 2 is 1.79 bits per heavy atom. The number of rotatable bonds is 5. The Morgan fingerprint density at radius 3 is 2.52 bits per heavy atom. The number of hydrogen-bond donors (Lipinski definition) is 0. The maximum Gasteiger partial charge on any atom is 0.254 e. The van der Waals surface area contributed by atoms with Crippen molar-refractivity contribution < 1.29 is 9.53 Å². The zero-order valence-electron chi connectivity index (χ0n) is 17.6. The Kier molecular flexibility index (Phi) is 6.19. The number of piperidine rings is 1. The summed E-state index contributed by atoms with van der Waals surface area (Å²) in [7, 11) is 1.64. The molecule has 2 aromatic carbocycles. The number of carbonyl (C=O) groups is 1. The molecule has 29 heavy (non-hydrogen) atoms. The standard InChI is InChI=1S/C25H32N2O2/c1-19-9-11-20(12-10-19)24-18-27(17-22(24)16-26-13-4-3-5-14-26)25(28)21-7-6-8-23(15-21)29-2/h6-12,15,22,24H,3-5,13-14,16-18H2,1-2H3. The van der Waals surface area contributed by atoms with E-state index in [4.69, 9.17) is 4.74 Å². The molecule has 2 heterocycles. The van der Waals surface area contributed by atoms with Gasteiger partial charge in [0.15, 0.2) is 0 Å². The zero-order valence-corrected chi connectivity index (χ0v) is 17.6. The molecule has 0 saturated carbocycles. The maximum atomic E-state index is 13.2. The van der Waals surface area contributed by atoms with Gasteiger partial charge in [0.25, 0.3) is 5.91 Å². The quantitative estimate of drug-likeness (QED) is 0.759. The molecule has 2 atom stereocenters. The van der Waals surface area contributed by atoms with Gasteiger partial charge in [-0.05, 0) is 62.5 Å². The minimum absolute atomic E-state index is 0.113. The van der Waals surface area contributed by atoms with E-state index in [1.165, 1.54) is 43.5 Å². The van der Waals surface area contributed by atoms with Gasteiger partial charge in [0.2, 0.25) is 0 Å². The fourth-order valence-corrected chi connectivity index (χ4v) is 4.83. The molecule has 2 aliphatic heterocycles. The third-order valence-electron chi connectivity index (χ3n) is 6.49. The average molecular weight is 393 g/mol. The molecule has 4 heteroatoms. The van der Waals surface area contributed by atoms with Gasteiger partial charge in [-0.3, -0.25) is 4.79 Å². The Labute approximate surface area is 174 Å². The SMILES string of the molecule is COc1cccc(C(=O)N2CC(CN3CCCCC3)C(c3ccc(C)cc3)C2)c1. The van der Waals surface area contributed by atoms with Gasteiger partial charge in [-0.2, -0.15) is 0 Å². The van der Waals surface area contributed by atoms with Crippen molar-refractivity contribution in [2.45, 2.75) is 32.1 Å². The minimum Gasteiger partial charge on any atom is -0.497 e. The van der Waals surface area contributed by atoms with Crippen LogP contribution in [0.1, 0.15) is 46.7 Å². The minimum atomic E-state index is 0.113. The van der Waals surface area contributed by atoms with Gasteiger partial charge in [-0.15, -0.1) is 0 Å². The molecule has 2 saturated heterocycles. The lowest BCUT2D eigenvalue weighted by Crippen LogP contribution is -2.36. The lowest BCUT2D eigenvalue weighted by molar-refractivity contribution is 0.0781. The van der Waals surface area contributed by atoms with Crippen molar-refractivity contribution in [2.24, 2.45) is 5.92 Å². The molecule has 2 fully saturated rings. The third-order valence-corrected chi connectivity index (χ3v) is 6.49. The van der Waals surface area contributed by atoms with Gasteiger partial charge >= 0.3 is 0 Å². The number of benzene rings is 2. The van der Waals surface area contributed by atoms with Gasteiger partial charge in [-0.1, -0.05) is 42.3 Å². The monoisotopic (exact) mass is 392 g/mol. The molecule has 154 valence electrons. The number of carbonyl (C=O) groups excluding carboxylic acids is 1. The van der Waals surface area contributed by atoms with Gasteiger partial charge < -0.3 is 14.5 Å². The molecule has 0 aliphatic carbocycles. The van der Waals surface area contributed by atoms with E-state index in [0.717, 1.165) is 25.4 Å². The second-order valence-corrected chi connectivity index (χ2v) is 8.58. The van der Waals surface area contributed by atoms with Crippen molar-refractivity contribution in [3.8, 4) is 5.75 Å². The normalized spacial score (nSPS) is 22.6. The van der Waals surface area contributed by atoms with Crippen LogP contribution in [0.2, 0.25) is 0 Å². The molecule has 1 amide bonds. The maximum absolute atomic E-state index is 13.2. The molecule has 4 nitrogen and oxygen atoms in total. The number of likely N-dealkylation sites (tertiary alicyclic amines) is 2. The highest BCUT2D eigenvalue weighted by Gasteiger charge is 2.37. The van der Waals surface area contributed by atoms with Crippen LogP contribution in [0.3, 0.4) is 0 Å². The van der Waals surface area contributed by atoms with E-state index in [1.54, 1.807) is 7.11 Å². The first-order chi connectivity index (χ1) is 14.1. The number of ether oxygens (including phenoxy) is 1. The summed E-state index contributed by atoms with van der Waals surface area (Å²) in [6, 6.07) is 16.4. The van der Waals surface area contributed by atoms with Crippen LogP contribution >= 0.6 is 0 Å². The smallest absolute Gasteiger partial charge is 0.254 e. The fourth-order valence-electron chi connectivity index (χ4n) is 4.83. The van der Waals surface area contributed by atoms with E-state index in [0.29, 0.717) is 17.4 Å². The van der Waals surface area contributed by atoms with Crippen LogP contribution in [0.5, 0.6) is 5.75 Å². The van der Waals surface area contributed by atoms with Crippen LogP contribution in [0.15, 0.2) is 48.5 Å². The van der Waals surface area contributed by atoms with E-state index in [1.807, 2.05) is 29.2 Å². The van der Waals surface area contributed by atoms with Crippen LogP contribution in [-0.2, 0) is 0 Å². The zero-order chi connectivity index (χ0) is 20.2. The van der Waals surface area contributed by atoms with Crippen LogP contribution in [-0.4, -0.2) is 55.5 Å². The van der Waals surface area contributed by atoms with Crippen molar-refractivity contribution in [3.63, 3.8) is 0 Å². The van der Waals surface area contributed by atoms with E-state index in [9.17, 15) is 4.79 Å². The van der Waals surface area contributed by atoms with Crippen molar-refractivity contribution in [1.82, 2.24) is 9.80 Å². The molecule has 2 unspecified atom stereocenters. The van der Waals surface area contributed by atoms with Crippen molar-refractivity contribution >= 4 is 5.91 Å². The summed E-state index contributed by atoms with van der Waals surface area (Å²) in [5.41, 5.74) is 3.35. The number of nitrogens with zero attached hydrogens (tertiary/aromatic N) is 2. The first kappa shape index (κ1) is 20.0. The van der Waals surface area contributed by atoms with Crippen LogP contribution in [0.25, 0.3) is 0 Å². The largest absolute Gasteiger partial charge is 0.497 e. The Balaban J connectivity index is 1.54. The van der Waals surface area contributed by atoms with E-state index < -0.39 is 0 Å². The summed E-state index contributed by atoms with van der Waals surface area (Å²) in [5, 5.41) is 0. The topological polar surface area (TPSA) is 32.8 Å². The molecule has 0 aromatic heterocycles. The summed E-state index contributed by atoms with van der Waals surface area (Å²) in [6.45, 7) is 7.22. The summed E-state index contributed by atoms with van der Waals surface area (Å²) in [6.07, 6.45) is 3.95. The van der Waals surface area contributed by atoms with Crippen LogP contribution in [0.4, 0.5) is 0 Å². The highest BCUT2D eigenvalue weighted by molar-refractivity contribution is 5.94. The summed E-state index contributed by atoms with van der Waals surface area (Å²) >= 11 is 0. The van der Waals surface area contributed by atoms with Crippen molar-refractivity contribution in [2.75, 3.05) is 39.8 Å². The first-order valence-corrected chi connectivity index (χ1v) is 10.9. The van der Waals surface area contributed by atoms with E-state index >= 15 is 0 Å². The second-order valence-electron chi connectivity index (χ2n) is 8.58. The van der Waals surface area contributed by atoms with Crippen molar-refractivity contribution in [3.05, 3.63) is 65.2 Å². The molecule has 0 spiro atoms. The average Bonchev–Trinajstić information content (AvgIpc) is 3.18. The number of methoxy groups -OCH3 is 1. The molecule has 0 bridgehead atoms.